The summed E-state index contributed by atoms with van der Waals surface area (Å²) < 4.78 is 10.9. The summed E-state index contributed by atoms with van der Waals surface area (Å²) in [7, 11) is -0.175. The van der Waals surface area contributed by atoms with Gasteiger partial charge in [0, 0.05) is 0 Å². The third-order valence-corrected chi connectivity index (χ3v) is 4.67. The Morgan fingerprint density at radius 2 is 2.12 bits per heavy atom. The van der Waals surface area contributed by atoms with E-state index in [1.807, 2.05) is 12.1 Å². The van der Waals surface area contributed by atoms with Crippen LogP contribution >= 0.6 is 0 Å². The van der Waals surface area contributed by atoms with E-state index in [-0.39, 0.29) is 5.75 Å². The molecule has 1 aromatic carbocycles. The van der Waals surface area contributed by atoms with Gasteiger partial charge in [-0.2, -0.15) is 0 Å². The summed E-state index contributed by atoms with van der Waals surface area (Å²) in [6, 6.07) is 6.31. The molecule has 0 aliphatic rings. The lowest BCUT2D eigenvalue weighted by Crippen LogP contribution is -2.33. The first-order valence-electron chi connectivity index (χ1n) is 5.59. The molecule has 0 bridgehead atoms. The van der Waals surface area contributed by atoms with Gasteiger partial charge in [-0.1, -0.05) is 12.1 Å². The fourth-order valence-electron chi connectivity index (χ4n) is 1.66. The topological polar surface area (TPSA) is 38.7 Å². The van der Waals surface area contributed by atoms with Crippen molar-refractivity contribution in [3.8, 4) is 11.5 Å². The van der Waals surface area contributed by atoms with Gasteiger partial charge in [0.05, 0.1) is 13.7 Å². The molecule has 0 saturated carbocycles. The first kappa shape index (κ1) is 13.8. The summed E-state index contributed by atoms with van der Waals surface area (Å²) in [4.78, 5) is 0. The third kappa shape index (κ3) is 4.24. The van der Waals surface area contributed by atoms with Gasteiger partial charge in [0.1, 0.15) is 0 Å². The number of ether oxygens (including phenoxy) is 1. The zero-order valence-corrected chi connectivity index (χ0v) is 11.7. The van der Waals surface area contributed by atoms with Crippen LogP contribution in [0, 0.1) is 0 Å². The second-order valence-electron chi connectivity index (χ2n) is 4.54. The van der Waals surface area contributed by atoms with E-state index in [0.29, 0.717) is 12.4 Å². The molecule has 0 heterocycles. The van der Waals surface area contributed by atoms with Crippen LogP contribution in [-0.2, 0) is 10.5 Å². The predicted octanol–water partition coefficient (Wildman–Crippen LogP) is 2.89. The molecule has 0 aliphatic heterocycles. The number of hydrogen-bond donors (Lipinski definition) is 1. The Morgan fingerprint density at radius 1 is 1.41 bits per heavy atom. The maximum absolute atomic E-state index is 9.52. The van der Waals surface area contributed by atoms with Gasteiger partial charge in [-0.25, -0.2) is 0 Å². The number of hydrogen-bond acceptors (Lipinski definition) is 3. The van der Waals surface area contributed by atoms with E-state index >= 15 is 0 Å². The van der Waals surface area contributed by atoms with Crippen LogP contribution in [0.2, 0.25) is 13.1 Å². The Labute approximate surface area is 104 Å². The molecule has 0 spiro atoms. The van der Waals surface area contributed by atoms with Crippen LogP contribution in [0.3, 0.4) is 0 Å². The van der Waals surface area contributed by atoms with Gasteiger partial charge in [-0.05, 0) is 36.8 Å². The third-order valence-electron chi connectivity index (χ3n) is 2.47. The Bertz CT molecular complexity index is 388. The first-order chi connectivity index (χ1) is 7.98. The number of phenols is 1. The van der Waals surface area contributed by atoms with Crippen molar-refractivity contribution in [2.24, 2.45) is 0 Å². The van der Waals surface area contributed by atoms with Gasteiger partial charge in [-0.3, -0.25) is 0 Å². The minimum absolute atomic E-state index is 0.169. The zero-order chi connectivity index (χ0) is 12.9. The maximum atomic E-state index is 9.52. The summed E-state index contributed by atoms with van der Waals surface area (Å²) in [5.41, 5.74) is 1.13. The van der Waals surface area contributed by atoms with E-state index in [4.69, 9.17) is 9.16 Å². The van der Waals surface area contributed by atoms with Crippen LogP contribution in [0.15, 0.2) is 30.9 Å². The highest BCUT2D eigenvalue weighted by Crippen LogP contribution is 2.27. The van der Waals surface area contributed by atoms with Crippen LogP contribution in [-0.4, -0.2) is 27.1 Å². The molecule has 3 nitrogen and oxygen atoms in total. The quantitative estimate of drug-likeness (QED) is 0.625. The highest BCUT2D eigenvalue weighted by atomic mass is 28.4. The minimum Gasteiger partial charge on any atom is -0.504 e. The molecular formula is C13H20O3Si. The molecule has 0 atom stereocenters. The van der Waals surface area contributed by atoms with Crippen molar-refractivity contribution in [1.82, 2.24) is 0 Å². The highest BCUT2D eigenvalue weighted by Gasteiger charge is 2.22. The van der Waals surface area contributed by atoms with Gasteiger partial charge >= 0.3 is 0 Å². The molecule has 1 aromatic rings. The fourth-order valence-corrected chi connectivity index (χ4v) is 3.53. The molecule has 0 unspecified atom stereocenters. The van der Waals surface area contributed by atoms with Gasteiger partial charge in [-0.15, -0.1) is 6.58 Å². The maximum Gasteiger partial charge on any atom is 0.191 e. The average Bonchev–Trinajstić information content (AvgIpc) is 2.29. The molecule has 0 aliphatic carbocycles. The van der Waals surface area contributed by atoms with Crippen molar-refractivity contribution in [2.45, 2.75) is 19.1 Å². The Hall–Kier alpha value is -1.26. The van der Waals surface area contributed by atoms with Crippen LogP contribution in [0.4, 0.5) is 0 Å². The normalized spacial score (nSPS) is 11.2. The van der Waals surface area contributed by atoms with Gasteiger partial charge in [0.2, 0.25) is 0 Å². The fraction of sp³-hybridized carbons (Fsp3) is 0.385. The van der Waals surface area contributed by atoms with Crippen LogP contribution in [0.1, 0.15) is 5.56 Å². The molecule has 0 aromatic heterocycles. The van der Waals surface area contributed by atoms with Crippen molar-refractivity contribution >= 4 is 8.32 Å². The largest absolute Gasteiger partial charge is 0.504 e. The molecule has 0 amide bonds. The lowest BCUT2D eigenvalue weighted by molar-refractivity contribution is 0.351. The van der Waals surface area contributed by atoms with E-state index in [1.54, 1.807) is 19.3 Å². The summed E-state index contributed by atoms with van der Waals surface area (Å²) in [6.45, 7) is 8.57. The Morgan fingerprint density at radius 3 is 2.71 bits per heavy atom. The minimum atomic E-state index is -1.73. The van der Waals surface area contributed by atoms with Crippen LogP contribution < -0.4 is 4.74 Å². The van der Waals surface area contributed by atoms with Crippen LogP contribution in [0.5, 0.6) is 11.5 Å². The second kappa shape index (κ2) is 5.89. The molecule has 1 N–H and O–H groups in total. The molecule has 0 fully saturated rings. The highest BCUT2D eigenvalue weighted by molar-refractivity contribution is 6.70. The zero-order valence-electron chi connectivity index (χ0n) is 10.7. The monoisotopic (exact) mass is 252 g/mol. The van der Waals surface area contributed by atoms with Crippen molar-refractivity contribution in [2.75, 3.05) is 13.7 Å². The smallest absolute Gasteiger partial charge is 0.191 e. The van der Waals surface area contributed by atoms with E-state index in [9.17, 15) is 5.11 Å². The van der Waals surface area contributed by atoms with E-state index in [0.717, 1.165) is 11.6 Å². The summed E-state index contributed by atoms with van der Waals surface area (Å²) in [5.74, 6) is 0.679. The molecule has 94 valence electrons. The molecule has 4 heteroatoms. The second-order valence-corrected chi connectivity index (χ2v) is 8.70. The number of methoxy groups -OCH3 is 1. The van der Waals surface area contributed by atoms with Crippen molar-refractivity contribution in [3.63, 3.8) is 0 Å². The number of rotatable bonds is 6. The standard InChI is InChI=1S/C13H20O3Si/c1-5-8-16-17(3,4)10-11-6-7-12(14)13(9-11)15-2/h5-7,9,14H,1,8,10H2,2-4H3. The van der Waals surface area contributed by atoms with E-state index < -0.39 is 8.32 Å². The molecule has 17 heavy (non-hydrogen) atoms. The summed E-state index contributed by atoms with van der Waals surface area (Å²) >= 11 is 0. The molecule has 0 saturated heterocycles. The molecule has 1 rings (SSSR count). The SMILES string of the molecule is C=CCO[Si](C)(C)Cc1ccc(O)c(OC)c1. The van der Waals surface area contributed by atoms with Gasteiger partial charge in [0.25, 0.3) is 0 Å². The van der Waals surface area contributed by atoms with Gasteiger partial charge < -0.3 is 14.3 Å². The van der Waals surface area contributed by atoms with Crippen molar-refractivity contribution in [3.05, 3.63) is 36.4 Å². The average molecular weight is 252 g/mol. The van der Waals surface area contributed by atoms with E-state index in [2.05, 4.69) is 19.7 Å². The van der Waals surface area contributed by atoms with Crippen LogP contribution in [0.25, 0.3) is 0 Å². The predicted molar refractivity (Wildman–Crippen MR) is 72.0 cm³/mol. The molecule has 0 radical (unpaired) electrons. The lowest BCUT2D eigenvalue weighted by atomic mass is 10.2. The van der Waals surface area contributed by atoms with Gasteiger partial charge in [0.15, 0.2) is 19.8 Å². The number of aromatic hydroxyl groups is 1. The molecular weight excluding hydrogens is 232 g/mol. The lowest BCUT2D eigenvalue weighted by Gasteiger charge is -2.22. The first-order valence-corrected chi connectivity index (χ1v) is 8.71. The summed E-state index contributed by atoms with van der Waals surface area (Å²) in [5, 5.41) is 9.52. The summed E-state index contributed by atoms with van der Waals surface area (Å²) in [6.07, 6.45) is 1.77. The number of phenolic OH excluding ortho intramolecular Hbond substituents is 1. The number of benzene rings is 1. The Balaban J connectivity index is 2.77. The van der Waals surface area contributed by atoms with E-state index in [1.165, 1.54) is 0 Å². The Kier molecular flexibility index (Phi) is 4.78. The van der Waals surface area contributed by atoms with Crippen molar-refractivity contribution < 1.29 is 14.3 Å². The van der Waals surface area contributed by atoms with Crippen molar-refractivity contribution in [1.29, 1.82) is 0 Å².